The summed E-state index contributed by atoms with van der Waals surface area (Å²) in [6.07, 6.45) is 3.24. The summed E-state index contributed by atoms with van der Waals surface area (Å²) < 4.78 is 5.70. The summed E-state index contributed by atoms with van der Waals surface area (Å²) in [5.41, 5.74) is 3.93. The van der Waals surface area contributed by atoms with Gasteiger partial charge in [-0.3, -0.25) is 4.79 Å². The normalized spacial score (nSPS) is 23.3. The van der Waals surface area contributed by atoms with Gasteiger partial charge in [0.05, 0.1) is 11.3 Å². The van der Waals surface area contributed by atoms with Crippen molar-refractivity contribution in [1.82, 2.24) is 15.3 Å². The molecule has 1 aliphatic carbocycles. The Morgan fingerprint density at radius 1 is 1.35 bits per heavy atom. The van der Waals surface area contributed by atoms with Crippen LogP contribution in [0.3, 0.4) is 0 Å². The molecule has 6 nitrogen and oxygen atoms in total. The molecule has 1 amide bonds. The number of amides is 1. The maximum absolute atomic E-state index is 13.0. The number of aryl methyl sites for hydroxylation is 1. The first kappa shape index (κ1) is 12.8. The largest absolute Gasteiger partial charge is 0.459 e. The van der Waals surface area contributed by atoms with Crippen LogP contribution < -0.4 is 10.1 Å². The highest BCUT2D eigenvalue weighted by molar-refractivity contribution is 6.13. The lowest BCUT2D eigenvalue weighted by molar-refractivity contribution is -0.122. The standard InChI is InChI=1S/C17H14N4O2/c1-18-14-11-7-19-16-20-13(11)17(15(22)21-14)5-4-10-3-2-9(8-23-16)6-12(10)17/h2-3,6-7H,4-5,8H2,1H3,(H,18,21,22)/t17-/m0/s1. The Morgan fingerprint density at radius 3 is 3.13 bits per heavy atom. The molecular formula is C17H14N4O2. The van der Waals surface area contributed by atoms with E-state index in [1.165, 1.54) is 5.56 Å². The third-order valence-corrected chi connectivity index (χ3v) is 5.01. The number of fused-ring (bicyclic) bond motifs is 2. The van der Waals surface area contributed by atoms with Crippen LogP contribution in [-0.4, -0.2) is 28.8 Å². The first-order valence-corrected chi connectivity index (χ1v) is 7.66. The average Bonchev–Trinajstić information content (AvgIpc) is 2.96. The molecule has 1 atom stereocenters. The molecule has 0 radical (unpaired) electrons. The quantitative estimate of drug-likeness (QED) is 0.789. The number of hydrogen-bond donors (Lipinski definition) is 1. The minimum absolute atomic E-state index is 0.156. The second-order valence-electron chi connectivity index (χ2n) is 6.12. The molecule has 1 aromatic carbocycles. The number of nitrogens with zero attached hydrogens (tertiary/aromatic N) is 3. The molecule has 1 N–H and O–H groups in total. The van der Waals surface area contributed by atoms with Crippen LogP contribution in [0.25, 0.3) is 0 Å². The van der Waals surface area contributed by atoms with Crippen LogP contribution in [0.1, 0.15) is 34.4 Å². The van der Waals surface area contributed by atoms with Crippen molar-refractivity contribution in [2.24, 2.45) is 4.99 Å². The van der Waals surface area contributed by atoms with E-state index in [4.69, 9.17) is 4.74 Å². The molecule has 23 heavy (non-hydrogen) atoms. The first-order chi connectivity index (χ1) is 11.2. The predicted octanol–water partition coefficient (Wildman–Crippen LogP) is 1.11. The van der Waals surface area contributed by atoms with Gasteiger partial charge in [0.1, 0.15) is 17.9 Å². The van der Waals surface area contributed by atoms with Crippen LogP contribution in [0.5, 0.6) is 6.01 Å². The zero-order valence-corrected chi connectivity index (χ0v) is 12.6. The molecule has 5 rings (SSSR count). The highest BCUT2D eigenvalue weighted by atomic mass is 16.5. The molecular weight excluding hydrogens is 292 g/mol. The number of rotatable bonds is 0. The van der Waals surface area contributed by atoms with Gasteiger partial charge in [-0.15, -0.1) is 0 Å². The number of amidine groups is 1. The molecule has 2 aromatic rings. The summed E-state index contributed by atoms with van der Waals surface area (Å²) in [4.78, 5) is 26.2. The summed E-state index contributed by atoms with van der Waals surface area (Å²) in [5, 5.41) is 2.98. The molecule has 0 unspecified atom stereocenters. The van der Waals surface area contributed by atoms with Gasteiger partial charge in [-0.2, -0.15) is 9.98 Å². The minimum Gasteiger partial charge on any atom is -0.459 e. The van der Waals surface area contributed by atoms with Gasteiger partial charge in [0.2, 0.25) is 0 Å². The van der Waals surface area contributed by atoms with Crippen LogP contribution in [-0.2, 0) is 23.2 Å². The lowest BCUT2D eigenvalue weighted by Gasteiger charge is -2.31. The second-order valence-corrected chi connectivity index (χ2v) is 6.12. The molecule has 6 heteroatoms. The van der Waals surface area contributed by atoms with Gasteiger partial charge in [0.25, 0.3) is 5.91 Å². The zero-order chi connectivity index (χ0) is 15.6. The molecule has 1 spiro atoms. The van der Waals surface area contributed by atoms with Crippen molar-refractivity contribution in [1.29, 1.82) is 0 Å². The van der Waals surface area contributed by atoms with E-state index in [0.29, 0.717) is 30.6 Å². The number of benzene rings is 1. The Labute approximate surface area is 132 Å². The molecule has 0 saturated carbocycles. The van der Waals surface area contributed by atoms with Gasteiger partial charge < -0.3 is 10.1 Å². The summed E-state index contributed by atoms with van der Waals surface area (Å²) in [5.74, 6) is 0.364. The van der Waals surface area contributed by atoms with E-state index in [-0.39, 0.29) is 5.91 Å². The number of hydrogen-bond acceptors (Lipinski definition) is 5. The van der Waals surface area contributed by atoms with Crippen molar-refractivity contribution in [3.63, 3.8) is 0 Å². The fraction of sp³-hybridized carbons (Fsp3) is 0.294. The maximum atomic E-state index is 13.0. The summed E-state index contributed by atoms with van der Waals surface area (Å²) in [7, 11) is 1.75. The number of aliphatic imine (C=N–C) groups is 1. The van der Waals surface area contributed by atoms with Gasteiger partial charge in [-0.25, -0.2) is 4.98 Å². The Hall–Kier alpha value is -2.76. The van der Waals surface area contributed by atoms with E-state index >= 15 is 0 Å². The summed E-state index contributed by atoms with van der Waals surface area (Å²) in [6, 6.07) is 6.52. The van der Waals surface area contributed by atoms with Crippen LogP contribution in [0.2, 0.25) is 0 Å². The SMILES string of the molecule is CNC1=NC(=O)[C@@]23CCc4ccc(cc42)COc2ncc1c3n2. The molecule has 114 valence electrons. The van der Waals surface area contributed by atoms with Crippen molar-refractivity contribution in [2.45, 2.75) is 24.9 Å². The van der Waals surface area contributed by atoms with E-state index in [1.54, 1.807) is 13.2 Å². The molecule has 1 aromatic heterocycles. The fourth-order valence-corrected chi connectivity index (χ4v) is 3.88. The van der Waals surface area contributed by atoms with Gasteiger partial charge in [0.15, 0.2) is 0 Å². The van der Waals surface area contributed by atoms with Crippen molar-refractivity contribution in [3.05, 3.63) is 52.3 Å². The molecule has 0 saturated heterocycles. The average molecular weight is 306 g/mol. The van der Waals surface area contributed by atoms with E-state index in [9.17, 15) is 4.79 Å². The van der Waals surface area contributed by atoms with Gasteiger partial charge in [-0.05, 0) is 29.5 Å². The summed E-state index contributed by atoms with van der Waals surface area (Å²) in [6.45, 7) is 0.399. The minimum atomic E-state index is -0.799. The van der Waals surface area contributed by atoms with Crippen LogP contribution in [0.4, 0.5) is 0 Å². The monoisotopic (exact) mass is 306 g/mol. The topological polar surface area (TPSA) is 76.5 Å². The van der Waals surface area contributed by atoms with E-state index in [2.05, 4.69) is 32.4 Å². The van der Waals surface area contributed by atoms with Gasteiger partial charge in [-0.1, -0.05) is 18.2 Å². The molecule has 4 bridgehead atoms. The number of aromatic nitrogens is 2. The number of ether oxygens (including phenoxy) is 1. The highest BCUT2D eigenvalue weighted by Crippen LogP contribution is 2.48. The third-order valence-electron chi connectivity index (χ3n) is 5.01. The van der Waals surface area contributed by atoms with Crippen molar-refractivity contribution in [2.75, 3.05) is 7.05 Å². The molecule has 3 heterocycles. The Balaban J connectivity index is 1.91. The lowest BCUT2D eigenvalue weighted by Crippen LogP contribution is -2.43. The van der Waals surface area contributed by atoms with Gasteiger partial charge >= 0.3 is 6.01 Å². The number of nitrogens with one attached hydrogen (secondary N) is 1. The Bertz CT molecular complexity index is 905. The van der Waals surface area contributed by atoms with Crippen LogP contribution in [0, 0.1) is 0 Å². The lowest BCUT2D eigenvalue weighted by atomic mass is 9.74. The van der Waals surface area contributed by atoms with Gasteiger partial charge in [0, 0.05) is 13.2 Å². The smallest absolute Gasteiger partial charge is 0.316 e. The second kappa shape index (κ2) is 4.16. The van der Waals surface area contributed by atoms with Crippen LogP contribution >= 0.6 is 0 Å². The van der Waals surface area contributed by atoms with E-state index in [0.717, 1.165) is 23.1 Å². The zero-order valence-electron chi connectivity index (χ0n) is 12.6. The predicted molar refractivity (Wildman–Crippen MR) is 82.5 cm³/mol. The maximum Gasteiger partial charge on any atom is 0.316 e. The van der Waals surface area contributed by atoms with E-state index in [1.807, 2.05) is 6.07 Å². The molecule has 3 aliphatic rings. The molecule has 2 aliphatic heterocycles. The number of carbonyl (C=O) groups is 1. The van der Waals surface area contributed by atoms with Crippen molar-refractivity contribution in [3.8, 4) is 6.01 Å². The summed E-state index contributed by atoms with van der Waals surface area (Å²) >= 11 is 0. The first-order valence-electron chi connectivity index (χ1n) is 7.66. The van der Waals surface area contributed by atoms with E-state index < -0.39 is 5.41 Å². The van der Waals surface area contributed by atoms with Crippen molar-refractivity contribution < 1.29 is 9.53 Å². The Morgan fingerprint density at radius 2 is 2.26 bits per heavy atom. The van der Waals surface area contributed by atoms with Crippen LogP contribution in [0.15, 0.2) is 29.4 Å². The van der Waals surface area contributed by atoms with Crippen molar-refractivity contribution >= 4 is 11.7 Å². The Kier molecular flexibility index (Phi) is 2.30. The molecule has 0 fully saturated rings. The highest BCUT2D eigenvalue weighted by Gasteiger charge is 2.52. The number of carbonyl (C=O) groups excluding carboxylic acids is 1. The fourth-order valence-electron chi connectivity index (χ4n) is 3.88. The third kappa shape index (κ3) is 1.48.